The van der Waals surface area contributed by atoms with Gasteiger partial charge in [-0.2, -0.15) is 5.10 Å². The summed E-state index contributed by atoms with van der Waals surface area (Å²) < 4.78 is 7.55. The Morgan fingerprint density at radius 3 is 3.00 bits per heavy atom. The monoisotopic (exact) mass is 267 g/mol. The second-order valence-electron chi connectivity index (χ2n) is 5.79. The molecular weight excluding hydrogens is 242 g/mol. The minimum Gasteiger partial charge on any atom is -0.392 e. The highest BCUT2D eigenvalue weighted by molar-refractivity contribution is 4.92. The molecule has 0 saturated carbocycles. The maximum absolute atomic E-state index is 10.4. The van der Waals surface area contributed by atoms with E-state index in [9.17, 15) is 5.11 Å². The van der Waals surface area contributed by atoms with Gasteiger partial charge in [-0.05, 0) is 18.8 Å². The molecule has 0 bridgehead atoms. The summed E-state index contributed by atoms with van der Waals surface area (Å²) in [7, 11) is 0. The van der Waals surface area contributed by atoms with Crippen LogP contribution in [0.3, 0.4) is 0 Å². The molecule has 3 atom stereocenters. The van der Waals surface area contributed by atoms with Gasteiger partial charge in [0, 0.05) is 25.5 Å². The highest BCUT2D eigenvalue weighted by Crippen LogP contribution is 2.27. The fourth-order valence-corrected chi connectivity index (χ4v) is 2.81. The van der Waals surface area contributed by atoms with Crippen LogP contribution < -0.4 is 0 Å². The number of hydrogen-bond acceptors (Lipinski definition) is 4. The lowest BCUT2D eigenvalue weighted by Crippen LogP contribution is -2.30. The van der Waals surface area contributed by atoms with Gasteiger partial charge in [0.2, 0.25) is 0 Å². The molecule has 1 aliphatic rings. The van der Waals surface area contributed by atoms with Gasteiger partial charge in [-0.15, -0.1) is 0 Å². The number of aromatic nitrogens is 3. The predicted molar refractivity (Wildman–Crippen MR) is 72.7 cm³/mol. The van der Waals surface area contributed by atoms with E-state index < -0.39 is 0 Å². The van der Waals surface area contributed by atoms with E-state index in [0.717, 1.165) is 31.8 Å². The highest BCUT2D eigenvalue weighted by atomic mass is 16.5. The Hall–Kier alpha value is -0.940. The van der Waals surface area contributed by atoms with Gasteiger partial charge in [-0.1, -0.05) is 20.8 Å². The molecule has 0 amide bonds. The lowest BCUT2D eigenvalue weighted by molar-refractivity contribution is 0.0304. The van der Waals surface area contributed by atoms with Gasteiger partial charge in [0.15, 0.2) is 0 Å². The van der Waals surface area contributed by atoms with Gasteiger partial charge in [-0.25, -0.2) is 9.67 Å². The van der Waals surface area contributed by atoms with Crippen molar-refractivity contribution in [2.24, 2.45) is 11.8 Å². The number of nitrogens with zero attached hydrogens (tertiary/aromatic N) is 3. The molecule has 1 fully saturated rings. The van der Waals surface area contributed by atoms with E-state index in [0.29, 0.717) is 12.3 Å². The van der Waals surface area contributed by atoms with Crippen LogP contribution in [0.4, 0.5) is 0 Å². The van der Waals surface area contributed by atoms with Crippen molar-refractivity contribution in [3.63, 3.8) is 0 Å². The molecule has 5 heteroatoms. The van der Waals surface area contributed by atoms with Crippen LogP contribution in [0, 0.1) is 11.8 Å². The fourth-order valence-electron chi connectivity index (χ4n) is 2.81. The summed E-state index contributed by atoms with van der Waals surface area (Å²) >= 11 is 0. The Kier molecular flexibility index (Phi) is 4.93. The van der Waals surface area contributed by atoms with E-state index in [1.165, 1.54) is 0 Å². The van der Waals surface area contributed by atoms with E-state index in [2.05, 4.69) is 30.9 Å². The molecule has 108 valence electrons. The van der Waals surface area contributed by atoms with E-state index in [1.807, 2.05) is 4.68 Å². The Labute approximate surface area is 115 Å². The average molecular weight is 267 g/mol. The molecule has 0 aliphatic carbocycles. The summed E-state index contributed by atoms with van der Waals surface area (Å²) in [5, 5.41) is 14.7. The van der Waals surface area contributed by atoms with Crippen LogP contribution in [0.2, 0.25) is 0 Å². The molecule has 2 rings (SSSR count). The quantitative estimate of drug-likeness (QED) is 0.851. The van der Waals surface area contributed by atoms with E-state index in [4.69, 9.17) is 4.74 Å². The SMILES string of the molecule is CCC1OCCC1C(O)Cc1ncnn1CC(C)C. The van der Waals surface area contributed by atoms with E-state index in [-0.39, 0.29) is 18.1 Å². The maximum Gasteiger partial charge on any atom is 0.138 e. The Morgan fingerprint density at radius 1 is 1.53 bits per heavy atom. The van der Waals surface area contributed by atoms with Gasteiger partial charge >= 0.3 is 0 Å². The average Bonchev–Trinajstić information content (AvgIpc) is 2.97. The first-order chi connectivity index (χ1) is 9.11. The third-order valence-electron chi connectivity index (χ3n) is 3.78. The van der Waals surface area contributed by atoms with Crippen LogP contribution in [-0.4, -0.2) is 38.7 Å². The first-order valence-corrected chi connectivity index (χ1v) is 7.28. The van der Waals surface area contributed by atoms with Gasteiger partial charge < -0.3 is 9.84 Å². The zero-order valence-electron chi connectivity index (χ0n) is 12.1. The molecule has 2 heterocycles. The molecule has 1 aliphatic heterocycles. The van der Waals surface area contributed by atoms with Crippen LogP contribution in [-0.2, 0) is 17.7 Å². The lowest BCUT2D eigenvalue weighted by Gasteiger charge is -2.22. The van der Waals surface area contributed by atoms with E-state index in [1.54, 1.807) is 6.33 Å². The summed E-state index contributed by atoms with van der Waals surface area (Å²) in [5.41, 5.74) is 0. The zero-order chi connectivity index (χ0) is 13.8. The second-order valence-corrected chi connectivity index (χ2v) is 5.79. The third kappa shape index (κ3) is 3.54. The molecule has 3 unspecified atom stereocenters. The highest BCUT2D eigenvalue weighted by Gasteiger charge is 2.33. The minimum absolute atomic E-state index is 0.191. The molecule has 0 radical (unpaired) electrons. The van der Waals surface area contributed by atoms with Crippen molar-refractivity contribution in [1.82, 2.24) is 14.8 Å². The summed E-state index contributed by atoms with van der Waals surface area (Å²) in [6, 6.07) is 0. The molecule has 0 aromatic carbocycles. The number of rotatable bonds is 6. The molecule has 19 heavy (non-hydrogen) atoms. The molecule has 5 nitrogen and oxygen atoms in total. The summed E-state index contributed by atoms with van der Waals surface area (Å²) in [4.78, 5) is 4.28. The normalized spacial score (nSPS) is 25.1. The van der Waals surface area contributed by atoms with Gasteiger partial charge in [0.25, 0.3) is 0 Å². The molecule has 1 N–H and O–H groups in total. The van der Waals surface area contributed by atoms with Crippen LogP contribution in [0.5, 0.6) is 0 Å². The number of aliphatic hydroxyl groups excluding tert-OH is 1. The predicted octanol–water partition coefficient (Wildman–Crippen LogP) is 1.65. The van der Waals surface area contributed by atoms with Gasteiger partial charge in [0.1, 0.15) is 12.2 Å². The van der Waals surface area contributed by atoms with Crippen molar-refractivity contribution < 1.29 is 9.84 Å². The Bertz CT molecular complexity index is 392. The standard InChI is InChI=1S/C14H25N3O2/c1-4-13-11(5-6-19-13)12(18)7-14-15-9-16-17(14)8-10(2)3/h9-13,18H,4-8H2,1-3H3. The van der Waals surface area contributed by atoms with Crippen LogP contribution in [0.15, 0.2) is 6.33 Å². The molecule has 1 aromatic rings. The molecule has 1 saturated heterocycles. The molecular formula is C14H25N3O2. The number of ether oxygens (including phenoxy) is 1. The summed E-state index contributed by atoms with van der Waals surface area (Å²) in [6.45, 7) is 8.02. The molecule has 1 aromatic heterocycles. The van der Waals surface area contributed by atoms with Gasteiger partial charge in [-0.3, -0.25) is 0 Å². The summed E-state index contributed by atoms with van der Waals surface area (Å²) in [5.74, 6) is 1.63. The van der Waals surface area contributed by atoms with Crippen molar-refractivity contribution in [1.29, 1.82) is 0 Å². The van der Waals surface area contributed by atoms with Crippen molar-refractivity contribution in [3.05, 3.63) is 12.2 Å². The van der Waals surface area contributed by atoms with Gasteiger partial charge in [0.05, 0.1) is 12.2 Å². The van der Waals surface area contributed by atoms with Crippen LogP contribution >= 0.6 is 0 Å². The summed E-state index contributed by atoms with van der Waals surface area (Å²) in [6.07, 6.45) is 3.85. The third-order valence-corrected chi connectivity index (χ3v) is 3.78. The second kappa shape index (κ2) is 6.48. The maximum atomic E-state index is 10.4. The topological polar surface area (TPSA) is 60.2 Å². The van der Waals surface area contributed by atoms with Crippen LogP contribution in [0.25, 0.3) is 0 Å². The largest absolute Gasteiger partial charge is 0.392 e. The number of hydrogen-bond donors (Lipinski definition) is 1. The van der Waals surface area contributed by atoms with Crippen molar-refractivity contribution in [2.45, 2.75) is 58.8 Å². The fraction of sp³-hybridized carbons (Fsp3) is 0.857. The molecule has 0 spiro atoms. The Balaban J connectivity index is 1.98. The Morgan fingerprint density at radius 2 is 2.32 bits per heavy atom. The zero-order valence-corrected chi connectivity index (χ0v) is 12.1. The number of aliphatic hydroxyl groups is 1. The smallest absolute Gasteiger partial charge is 0.138 e. The van der Waals surface area contributed by atoms with Crippen molar-refractivity contribution in [2.75, 3.05) is 6.61 Å². The van der Waals surface area contributed by atoms with Crippen molar-refractivity contribution >= 4 is 0 Å². The lowest BCUT2D eigenvalue weighted by atomic mass is 9.91. The first-order valence-electron chi connectivity index (χ1n) is 7.28. The minimum atomic E-state index is -0.387. The van der Waals surface area contributed by atoms with E-state index >= 15 is 0 Å². The van der Waals surface area contributed by atoms with Crippen LogP contribution in [0.1, 0.15) is 39.4 Å². The first kappa shape index (κ1) is 14.5. The van der Waals surface area contributed by atoms with Crippen molar-refractivity contribution in [3.8, 4) is 0 Å².